The largest absolute Gasteiger partial charge is 0.252 e. The van der Waals surface area contributed by atoms with Crippen LogP contribution in [0.2, 0.25) is 4.34 Å². The maximum Gasteiger partial charge on any atom is 0.252 e. The van der Waals surface area contributed by atoms with Crippen LogP contribution in [0.3, 0.4) is 0 Å². The second-order valence-corrected chi connectivity index (χ2v) is 7.75. The van der Waals surface area contributed by atoms with E-state index in [0.717, 1.165) is 11.3 Å². The summed E-state index contributed by atoms with van der Waals surface area (Å²) in [5.41, 5.74) is 0. The minimum Gasteiger partial charge on any atom is -0.206 e. The van der Waals surface area contributed by atoms with Gasteiger partial charge in [-0.15, -0.1) is 11.3 Å². The minimum absolute atomic E-state index is 0.0200. The predicted molar refractivity (Wildman–Crippen MR) is 66.4 cm³/mol. The molecule has 4 nitrogen and oxygen atoms in total. The van der Waals surface area contributed by atoms with Gasteiger partial charge in [-0.3, -0.25) is 0 Å². The predicted octanol–water partition coefficient (Wildman–Crippen LogP) is 2.33. The summed E-state index contributed by atoms with van der Waals surface area (Å²) in [5, 5.41) is 8.77. The van der Waals surface area contributed by atoms with E-state index >= 15 is 0 Å². The number of thiophene rings is 1. The summed E-state index contributed by atoms with van der Waals surface area (Å²) in [4.78, 5) is 0. The zero-order valence-corrected chi connectivity index (χ0v) is 11.4. The van der Waals surface area contributed by atoms with Crippen molar-refractivity contribution < 1.29 is 8.42 Å². The van der Waals surface area contributed by atoms with E-state index in [2.05, 4.69) is 6.07 Å². The van der Waals surface area contributed by atoms with Gasteiger partial charge >= 0.3 is 0 Å². The van der Waals surface area contributed by atoms with E-state index < -0.39 is 10.0 Å². The third kappa shape index (κ3) is 2.63. The number of rotatable bonds is 2. The van der Waals surface area contributed by atoms with Crippen LogP contribution in [0.5, 0.6) is 0 Å². The Kier molecular flexibility index (Phi) is 3.73. The Morgan fingerprint density at radius 3 is 2.53 bits per heavy atom. The molecule has 0 saturated carbocycles. The zero-order chi connectivity index (χ0) is 12.5. The third-order valence-corrected chi connectivity index (χ3v) is 6.38. The van der Waals surface area contributed by atoms with E-state index in [1.165, 1.54) is 10.4 Å². The fourth-order valence-electron chi connectivity index (χ4n) is 1.79. The van der Waals surface area contributed by atoms with Crippen molar-refractivity contribution in [3.05, 3.63) is 16.5 Å². The SMILES string of the molecule is N#CC1CCN(S(=O)(=O)c2ccc(Cl)s2)CC1. The Hall–Kier alpha value is -0.610. The van der Waals surface area contributed by atoms with E-state index in [1.807, 2.05) is 0 Å². The van der Waals surface area contributed by atoms with Crippen molar-refractivity contribution in [2.24, 2.45) is 5.92 Å². The quantitative estimate of drug-likeness (QED) is 0.840. The van der Waals surface area contributed by atoms with Gasteiger partial charge in [0.05, 0.1) is 10.4 Å². The summed E-state index contributed by atoms with van der Waals surface area (Å²) in [6, 6.07) is 5.29. The van der Waals surface area contributed by atoms with Crippen LogP contribution in [-0.2, 0) is 10.0 Å². The first-order valence-electron chi connectivity index (χ1n) is 5.19. The van der Waals surface area contributed by atoms with Crippen molar-refractivity contribution in [3.8, 4) is 6.07 Å². The second-order valence-electron chi connectivity index (χ2n) is 3.87. The van der Waals surface area contributed by atoms with Crippen molar-refractivity contribution in [1.82, 2.24) is 4.31 Å². The van der Waals surface area contributed by atoms with E-state index in [4.69, 9.17) is 16.9 Å². The van der Waals surface area contributed by atoms with E-state index in [0.29, 0.717) is 30.3 Å². The van der Waals surface area contributed by atoms with Crippen LogP contribution in [-0.4, -0.2) is 25.8 Å². The van der Waals surface area contributed by atoms with Gasteiger partial charge < -0.3 is 0 Å². The molecule has 2 heterocycles. The van der Waals surface area contributed by atoms with Gasteiger partial charge in [0.2, 0.25) is 0 Å². The van der Waals surface area contributed by atoms with Crippen LogP contribution in [0.4, 0.5) is 0 Å². The summed E-state index contributed by atoms with van der Waals surface area (Å²) in [6.07, 6.45) is 1.21. The molecule has 0 N–H and O–H groups in total. The maximum atomic E-state index is 12.2. The van der Waals surface area contributed by atoms with Gasteiger partial charge in [0, 0.05) is 19.0 Å². The van der Waals surface area contributed by atoms with Gasteiger partial charge in [-0.05, 0) is 25.0 Å². The summed E-state index contributed by atoms with van der Waals surface area (Å²) < 4.78 is 26.6. The van der Waals surface area contributed by atoms with Crippen molar-refractivity contribution in [2.75, 3.05) is 13.1 Å². The van der Waals surface area contributed by atoms with Crippen LogP contribution in [0, 0.1) is 17.2 Å². The first-order chi connectivity index (χ1) is 8.04. The molecule has 1 fully saturated rings. The molecule has 1 saturated heterocycles. The molecular weight excluding hydrogens is 280 g/mol. The summed E-state index contributed by atoms with van der Waals surface area (Å²) in [7, 11) is -3.41. The molecule has 0 bridgehead atoms. The highest BCUT2D eigenvalue weighted by atomic mass is 35.5. The Morgan fingerprint density at radius 2 is 2.06 bits per heavy atom. The van der Waals surface area contributed by atoms with Gasteiger partial charge in [-0.1, -0.05) is 11.6 Å². The Labute approximate surface area is 109 Å². The number of nitriles is 1. The lowest BCUT2D eigenvalue weighted by Gasteiger charge is -2.27. The van der Waals surface area contributed by atoms with Gasteiger partial charge in [0.1, 0.15) is 4.21 Å². The molecule has 0 atom stereocenters. The maximum absolute atomic E-state index is 12.2. The highest BCUT2D eigenvalue weighted by molar-refractivity contribution is 7.91. The molecule has 0 spiro atoms. The Bertz CT molecular complexity index is 539. The third-order valence-electron chi connectivity index (χ3n) is 2.78. The van der Waals surface area contributed by atoms with E-state index in [-0.39, 0.29) is 10.1 Å². The summed E-state index contributed by atoms with van der Waals surface area (Å²) in [6.45, 7) is 0.826. The monoisotopic (exact) mass is 290 g/mol. The first kappa shape index (κ1) is 12.8. The zero-order valence-electron chi connectivity index (χ0n) is 8.97. The van der Waals surface area contributed by atoms with E-state index in [9.17, 15) is 8.42 Å². The molecule has 17 heavy (non-hydrogen) atoms. The average Bonchev–Trinajstić information content (AvgIpc) is 2.77. The molecule has 0 amide bonds. The van der Waals surface area contributed by atoms with Crippen LogP contribution in [0.1, 0.15) is 12.8 Å². The van der Waals surface area contributed by atoms with Crippen LogP contribution in [0.25, 0.3) is 0 Å². The smallest absolute Gasteiger partial charge is 0.206 e. The number of halogens is 1. The number of sulfonamides is 1. The van der Waals surface area contributed by atoms with Crippen molar-refractivity contribution in [3.63, 3.8) is 0 Å². The molecule has 92 valence electrons. The molecule has 0 radical (unpaired) electrons. The lowest BCUT2D eigenvalue weighted by molar-refractivity contribution is 0.310. The lowest BCUT2D eigenvalue weighted by atomic mass is 10.0. The number of piperidine rings is 1. The standard InChI is InChI=1S/C10H11ClN2O2S2/c11-9-1-2-10(16-9)17(14,15)13-5-3-8(7-12)4-6-13/h1-2,8H,3-6H2. The number of hydrogen-bond acceptors (Lipinski definition) is 4. The normalized spacial score (nSPS) is 19.1. The van der Waals surface area contributed by atoms with Crippen molar-refractivity contribution in [2.45, 2.75) is 17.1 Å². The molecule has 2 rings (SSSR count). The molecule has 7 heteroatoms. The number of nitrogens with zero attached hydrogens (tertiary/aromatic N) is 2. The van der Waals surface area contributed by atoms with Gasteiger partial charge in [-0.2, -0.15) is 9.57 Å². The molecule has 0 aliphatic carbocycles. The fourth-order valence-corrected chi connectivity index (χ4v) is 4.90. The van der Waals surface area contributed by atoms with Crippen molar-refractivity contribution >= 4 is 33.0 Å². The molecule has 1 aliphatic rings. The summed E-state index contributed by atoms with van der Waals surface area (Å²) >= 11 is 6.81. The van der Waals surface area contributed by atoms with Crippen LogP contribution >= 0.6 is 22.9 Å². The first-order valence-corrected chi connectivity index (χ1v) is 7.82. The molecule has 1 aromatic heterocycles. The molecule has 0 aromatic carbocycles. The topological polar surface area (TPSA) is 61.2 Å². The second kappa shape index (κ2) is 4.94. The van der Waals surface area contributed by atoms with Crippen LogP contribution < -0.4 is 0 Å². The van der Waals surface area contributed by atoms with Gasteiger partial charge in [0.25, 0.3) is 10.0 Å². The highest BCUT2D eigenvalue weighted by Gasteiger charge is 2.30. The molecule has 0 unspecified atom stereocenters. The van der Waals surface area contributed by atoms with Gasteiger partial charge in [-0.25, -0.2) is 8.42 Å². The Balaban J connectivity index is 2.16. The molecule has 1 aliphatic heterocycles. The van der Waals surface area contributed by atoms with E-state index in [1.54, 1.807) is 6.07 Å². The van der Waals surface area contributed by atoms with Gasteiger partial charge in [0.15, 0.2) is 0 Å². The fraction of sp³-hybridized carbons (Fsp3) is 0.500. The van der Waals surface area contributed by atoms with Crippen molar-refractivity contribution in [1.29, 1.82) is 5.26 Å². The lowest BCUT2D eigenvalue weighted by Crippen LogP contribution is -2.37. The highest BCUT2D eigenvalue weighted by Crippen LogP contribution is 2.30. The number of hydrogen-bond donors (Lipinski definition) is 0. The molecular formula is C10H11ClN2O2S2. The average molecular weight is 291 g/mol. The van der Waals surface area contributed by atoms with Crippen LogP contribution in [0.15, 0.2) is 16.3 Å². The Morgan fingerprint density at radius 1 is 1.41 bits per heavy atom. The summed E-state index contributed by atoms with van der Waals surface area (Å²) in [5.74, 6) is -0.0200. The molecule has 1 aromatic rings. The minimum atomic E-state index is -3.41.